The molecule has 0 aliphatic heterocycles. The van der Waals surface area contributed by atoms with E-state index >= 15 is 0 Å². The van der Waals surface area contributed by atoms with Gasteiger partial charge in [0.25, 0.3) is 0 Å². The van der Waals surface area contributed by atoms with E-state index in [2.05, 4.69) is 12.6 Å². The van der Waals surface area contributed by atoms with Crippen molar-refractivity contribution in [3.8, 4) is 0 Å². The molecule has 8 heavy (non-hydrogen) atoms. The lowest BCUT2D eigenvalue weighted by molar-refractivity contribution is -0.118. The number of carbonyl (C=O) groups excluding carboxylic acids is 2. The quantitative estimate of drug-likeness (QED) is 0.447. The third kappa shape index (κ3) is 2.80. The van der Waals surface area contributed by atoms with Crippen LogP contribution >= 0.6 is 12.6 Å². The molecule has 0 heterocycles. The number of ketones is 1. The summed E-state index contributed by atoms with van der Waals surface area (Å²) in [7, 11) is 0. The van der Waals surface area contributed by atoms with Crippen LogP contribution in [-0.2, 0) is 9.59 Å². The van der Waals surface area contributed by atoms with Crippen LogP contribution in [-0.4, -0.2) is 17.3 Å². The minimum absolute atomic E-state index is 0.0552. The minimum atomic E-state index is -0.396. The normalized spacial score (nSPS) is 12.8. The smallest absolute Gasteiger partial charge is 0.142 e. The van der Waals surface area contributed by atoms with E-state index in [0.717, 1.165) is 0 Å². The maximum absolute atomic E-state index is 10.3. The number of rotatable bonds is 3. The van der Waals surface area contributed by atoms with Gasteiger partial charge in [0.05, 0.1) is 5.25 Å². The molecule has 0 spiro atoms. The number of thiol groups is 1. The van der Waals surface area contributed by atoms with Crippen LogP contribution in [0.25, 0.3) is 0 Å². The summed E-state index contributed by atoms with van der Waals surface area (Å²) in [6.45, 7) is 1.42. The van der Waals surface area contributed by atoms with Gasteiger partial charge in [-0.15, -0.1) is 0 Å². The summed E-state index contributed by atoms with van der Waals surface area (Å²) < 4.78 is 0. The second-order valence-corrected chi connectivity index (χ2v) is 2.15. The summed E-state index contributed by atoms with van der Waals surface area (Å²) in [5.41, 5.74) is 0. The van der Waals surface area contributed by atoms with Gasteiger partial charge in [0.1, 0.15) is 12.1 Å². The largest absolute Gasteiger partial charge is 0.303 e. The van der Waals surface area contributed by atoms with Crippen molar-refractivity contribution >= 4 is 24.7 Å². The summed E-state index contributed by atoms with van der Waals surface area (Å²) in [6, 6.07) is 0. The van der Waals surface area contributed by atoms with E-state index in [4.69, 9.17) is 0 Å². The highest BCUT2D eigenvalue weighted by atomic mass is 32.1. The lowest BCUT2D eigenvalue weighted by Crippen LogP contribution is -2.09. The Morgan fingerprint density at radius 3 is 2.50 bits per heavy atom. The number of hydrogen-bond acceptors (Lipinski definition) is 3. The maximum Gasteiger partial charge on any atom is 0.142 e. The molecule has 0 N–H and O–H groups in total. The highest BCUT2D eigenvalue weighted by Crippen LogP contribution is 1.98. The minimum Gasteiger partial charge on any atom is -0.303 e. The van der Waals surface area contributed by atoms with Crippen molar-refractivity contribution in [2.24, 2.45) is 0 Å². The van der Waals surface area contributed by atoms with Crippen molar-refractivity contribution in [3.05, 3.63) is 0 Å². The Labute approximate surface area is 53.7 Å². The Balaban J connectivity index is 3.46. The fourth-order valence-corrected chi connectivity index (χ4v) is 0.343. The molecular formula is C5H8O2S. The summed E-state index contributed by atoms with van der Waals surface area (Å²) in [6.07, 6.45) is 0.914. The van der Waals surface area contributed by atoms with E-state index < -0.39 is 5.25 Å². The molecule has 0 aromatic heterocycles. The Morgan fingerprint density at radius 1 is 1.88 bits per heavy atom. The molecule has 0 aliphatic rings. The van der Waals surface area contributed by atoms with Crippen molar-refractivity contribution in [3.63, 3.8) is 0 Å². The van der Waals surface area contributed by atoms with Crippen LogP contribution in [0.15, 0.2) is 0 Å². The first-order valence-corrected chi connectivity index (χ1v) is 2.82. The van der Waals surface area contributed by atoms with Gasteiger partial charge in [0, 0.05) is 6.42 Å². The average molecular weight is 132 g/mol. The zero-order valence-electron chi connectivity index (χ0n) is 4.63. The van der Waals surface area contributed by atoms with E-state index in [1.54, 1.807) is 0 Å². The van der Waals surface area contributed by atoms with Gasteiger partial charge in [-0.2, -0.15) is 12.6 Å². The molecule has 3 heteroatoms. The summed E-state index contributed by atoms with van der Waals surface area (Å²) in [4.78, 5) is 20.0. The standard InChI is InChI=1S/C5H8O2S/c1-4(7)5(8)2-3-6/h3,5,8H,2H2,1H3. The van der Waals surface area contributed by atoms with Gasteiger partial charge in [0.15, 0.2) is 0 Å². The van der Waals surface area contributed by atoms with Crippen LogP contribution in [0.4, 0.5) is 0 Å². The number of hydrogen-bond donors (Lipinski definition) is 1. The molecular weight excluding hydrogens is 124 g/mol. The van der Waals surface area contributed by atoms with Crippen LogP contribution in [0, 0.1) is 0 Å². The van der Waals surface area contributed by atoms with Gasteiger partial charge in [-0.05, 0) is 6.92 Å². The van der Waals surface area contributed by atoms with E-state index in [1.807, 2.05) is 0 Å². The van der Waals surface area contributed by atoms with Gasteiger partial charge < -0.3 is 4.79 Å². The molecule has 0 aromatic rings. The van der Waals surface area contributed by atoms with Gasteiger partial charge >= 0.3 is 0 Å². The van der Waals surface area contributed by atoms with Crippen molar-refractivity contribution in [1.82, 2.24) is 0 Å². The molecule has 0 radical (unpaired) electrons. The lowest BCUT2D eigenvalue weighted by atomic mass is 10.2. The predicted octanol–water partition coefficient (Wildman–Crippen LogP) is 0.463. The summed E-state index contributed by atoms with van der Waals surface area (Å²) in [5, 5.41) is -0.396. The Morgan fingerprint density at radius 2 is 2.38 bits per heavy atom. The van der Waals surface area contributed by atoms with Gasteiger partial charge in [-0.1, -0.05) is 0 Å². The van der Waals surface area contributed by atoms with E-state index in [-0.39, 0.29) is 12.2 Å². The van der Waals surface area contributed by atoms with Crippen LogP contribution in [0.1, 0.15) is 13.3 Å². The number of Topliss-reactive ketones (excluding diaryl/α,β-unsaturated/α-hetero) is 1. The van der Waals surface area contributed by atoms with Crippen LogP contribution in [0.5, 0.6) is 0 Å². The fourth-order valence-electron chi connectivity index (χ4n) is 0.257. The highest BCUT2D eigenvalue weighted by Gasteiger charge is 2.05. The Hall–Kier alpha value is -0.310. The molecule has 2 nitrogen and oxygen atoms in total. The molecule has 0 saturated heterocycles. The van der Waals surface area contributed by atoms with Crippen molar-refractivity contribution in [2.75, 3.05) is 0 Å². The third-order valence-electron chi connectivity index (χ3n) is 0.789. The van der Waals surface area contributed by atoms with Crippen molar-refractivity contribution in [1.29, 1.82) is 0 Å². The molecule has 0 amide bonds. The SMILES string of the molecule is CC(=O)C(S)CC=O. The highest BCUT2D eigenvalue weighted by molar-refractivity contribution is 7.81. The lowest BCUT2D eigenvalue weighted by Gasteiger charge is -1.96. The zero-order valence-corrected chi connectivity index (χ0v) is 5.52. The monoisotopic (exact) mass is 132 g/mol. The fraction of sp³-hybridized carbons (Fsp3) is 0.600. The van der Waals surface area contributed by atoms with Crippen LogP contribution in [0.2, 0.25) is 0 Å². The molecule has 0 saturated carbocycles. The Kier molecular flexibility index (Phi) is 3.52. The van der Waals surface area contributed by atoms with Gasteiger partial charge in [-0.25, -0.2) is 0 Å². The summed E-state index contributed by atoms with van der Waals surface area (Å²) in [5.74, 6) is -0.0552. The third-order valence-corrected chi connectivity index (χ3v) is 1.36. The second kappa shape index (κ2) is 3.66. The van der Waals surface area contributed by atoms with Crippen molar-refractivity contribution < 1.29 is 9.59 Å². The van der Waals surface area contributed by atoms with Crippen LogP contribution < -0.4 is 0 Å². The zero-order chi connectivity index (χ0) is 6.57. The first kappa shape index (κ1) is 7.69. The molecule has 1 unspecified atom stereocenters. The predicted molar refractivity (Wildman–Crippen MR) is 34.1 cm³/mol. The molecule has 0 bridgehead atoms. The molecule has 0 rings (SSSR count). The molecule has 46 valence electrons. The van der Waals surface area contributed by atoms with Crippen LogP contribution in [0.3, 0.4) is 0 Å². The molecule has 1 atom stereocenters. The van der Waals surface area contributed by atoms with Gasteiger partial charge in [-0.3, -0.25) is 4.79 Å². The maximum atomic E-state index is 10.3. The second-order valence-electron chi connectivity index (χ2n) is 1.53. The number of carbonyl (C=O) groups is 2. The topological polar surface area (TPSA) is 34.1 Å². The first-order valence-electron chi connectivity index (χ1n) is 2.30. The Bertz CT molecular complexity index is 101. The average Bonchev–Trinajstić information content (AvgIpc) is 1.67. The van der Waals surface area contributed by atoms with E-state index in [1.165, 1.54) is 6.92 Å². The summed E-state index contributed by atoms with van der Waals surface area (Å²) >= 11 is 3.82. The first-order chi connectivity index (χ1) is 3.68. The molecule has 0 aliphatic carbocycles. The van der Waals surface area contributed by atoms with Crippen molar-refractivity contribution in [2.45, 2.75) is 18.6 Å². The van der Waals surface area contributed by atoms with E-state index in [0.29, 0.717) is 6.29 Å². The van der Waals surface area contributed by atoms with E-state index in [9.17, 15) is 9.59 Å². The van der Waals surface area contributed by atoms with Gasteiger partial charge in [0.2, 0.25) is 0 Å². The number of aldehydes is 1. The molecule has 0 aromatic carbocycles. The molecule has 0 fully saturated rings.